The molecule has 98 valence electrons. The number of ether oxygens (including phenoxy) is 2. The number of thiophene rings is 1. The van der Waals surface area contributed by atoms with E-state index in [1.807, 2.05) is 13.8 Å². The summed E-state index contributed by atoms with van der Waals surface area (Å²) in [6.07, 6.45) is 1.95. The van der Waals surface area contributed by atoms with E-state index in [9.17, 15) is 0 Å². The molecule has 1 aromatic heterocycles. The minimum Gasteiger partial charge on any atom is -0.353 e. The second kappa shape index (κ2) is 9.59. The lowest BCUT2D eigenvalue weighted by Gasteiger charge is -2.16. The third-order valence-corrected chi connectivity index (χ3v) is 3.16. The van der Waals surface area contributed by atoms with E-state index in [-0.39, 0.29) is 6.29 Å². The molecular formula is C13H23NO2S. The zero-order valence-electron chi connectivity index (χ0n) is 10.8. The van der Waals surface area contributed by atoms with Gasteiger partial charge in [0.25, 0.3) is 0 Å². The van der Waals surface area contributed by atoms with Crippen LogP contribution >= 0.6 is 11.3 Å². The second-order valence-corrected chi connectivity index (χ2v) is 4.54. The summed E-state index contributed by atoms with van der Waals surface area (Å²) < 4.78 is 10.9. The van der Waals surface area contributed by atoms with Crippen molar-refractivity contribution in [2.45, 2.75) is 33.0 Å². The van der Waals surface area contributed by atoms with Crippen LogP contribution in [0.4, 0.5) is 0 Å². The van der Waals surface area contributed by atoms with E-state index in [0.717, 1.165) is 25.9 Å². The summed E-state index contributed by atoms with van der Waals surface area (Å²) in [7, 11) is 0. The maximum absolute atomic E-state index is 5.47. The minimum absolute atomic E-state index is 0.0568. The van der Waals surface area contributed by atoms with Gasteiger partial charge in [-0.25, -0.2) is 0 Å². The van der Waals surface area contributed by atoms with Crippen LogP contribution in [-0.2, 0) is 15.9 Å². The number of hydrogen-bond acceptors (Lipinski definition) is 4. The van der Waals surface area contributed by atoms with Gasteiger partial charge in [-0.3, -0.25) is 0 Å². The summed E-state index contributed by atoms with van der Waals surface area (Å²) in [5, 5.41) is 7.74. The predicted octanol–water partition coefficient (Wildman–Crippen LogP) is 2.67. The Balaban J connectivity index is 2.01. The van der Waals surface area contributed by atoms with Crippen LogP contribution < -0.4 is 5.32 Å². The summed E-state index contributed by atoms with van der Waals surface area (Å²) in [6.45, 7) is 7.36. The molecule has 0 aliphatic rings. The molecule has 0 aromatic carbocycles. The maximum atomic E-state index is 5.47. The summed E-state index contributed by atoms with van der Waals surface area (Å²) in [6, 6.07) is 2.18. The van der Waals surface area contributed by atoms with Crippen molar-refractivity contribution in [3.8, 4) is 0 Å². The first-order valence-electron chi connectivity index (χ1n) is 6.31. The highest BCUT2D eigenvalue weighted by Gasteiger charge is 2.06. The normalized spacial score (nSPS) is 11.2. The van der Waals surface area contributed by atoms with Gasteiger partial charge in [-0.15, -0.1) is 0 Å². The first-order chi connectivity index (χ1) is 8.36. The van der Waals surface area contributed by atoms with Gasteiger partial charge in [-0.2, -0.15) is 11.3 Å². The first kappa shape index (κ1) is 14.6. The van der Waals surface area contributed by atoms with Crippen LogP contribution in [0.3, 0.4) is 0 Å². The van der Waals surface area contributed by atoms with Crippen molar-refractivity contribution in [1.29, 1.82) is 0 Å². The third kappa shape index (κ3) is 6.78. The van der Waals surface area contributed by atoms with Gasteiger partial charge in [0, 0.05) is 19.6 Å². The van der Waals surface area contributed by atoms with Crippen molar-refractivity contribution in [2.75, 3.05) is 26.3 Å². The molecule has 0 fully saturated rings. The van der Waals surface area contributed by atoms with E-state index in [0.29, 0.717) is 13.2 Å². The highest BCUT2D eigenvalue weighted by Crippen LogP contribution is 2.05. The Morgan fingerprint density at radius 1 is 1.24 bits per heavy atom. The Kier molecular flexibility index (Phi) is 8.26. The van der Waals surface area contributed by atoms with Crippen LogP contribution in [0.2, 0.25) is 0 Å². The van der Waals surface area contributed by atoms with Gasteiger partial charge in [-0.1, -0.05) is 0 Å². The predicted molar refractivity (Wildman–Crippen MR) is 72.5 cm³/mol. The van der Waals surface area contributed by atoms with E-state index in [1.165, 1.54) is 5.56 Å². The summed E-state index contributed by atoms with van der Waals surface area (Å²) in [5.41, 5.74) is 1.41. The van der Waals surface area contributed by atoms with Crippen molar-refractivity contribution in [1.82, 2.24) is 5.32 Å². The standard InChI is InChI=1S/C13H23NO2S/c1-3-15-13(16-4-2)6-9-14-8-5-12-7-10-17-11-12/h7,10-11,13-14H,3-6,8-9H2,1-2H3. The Morgan fingerprint density at radius 3 is 2.59 bits per heavy atom. The molecule has 1 rings (SSSR count). The molecule has 0 unspecified atom stereocenters. The quantitative estimate of drug-likeness (QED) is 0.516. The van der Waals surface area contributed by atoms with E-state index in [1.54, 1.807) is 11.3 Å². The molecule has 0 saturated carbocycles. The molecule has 0 aliphatic heterocycles. The van der Waals surface area contributed by atoms with Crippen LogP contribution in [0.5, 0.6) is 0 Å². The second-order valence-electron chi connectivity index (χ2n) is 3.76. The fourth-order valence-electron chi connectivity index (χ4n) is 1.60. The average molecular weight is 257 g/mol. The topological polar surface area (TPSA) is 30.5 Å². The van der Waals surface area contributed by atoms with Crippen molar-refractivity contribution < 1.29 is 9.47 Å². The molecule has 1 heterocycles. The van der Waals surface area contributed by atoms with E-state index in [2.05, 4.69) is 22.1 Å². The first-order valence-corrected chi connectivity index (χ1v) is 7.26. The Morgan fingerprint density at radius 2 is 2.00 bits per heavy atom. The highest BCUT2D eigenvalue weighted by molar-refractivity contribution is 7.07. The van der Waals surface area contributed by atoms with Gasteiger partial charge in [0.15, 0.2) is 6.29 Å². The molecular weight excluding hydrogens is 234 g/mol. The molecule has 0 aliphatic carbocycles. The Bertz CT molecular complexity index is 258. The Labute approximate surface area is 108 Å². The van der Waals surface area contributed by atoms with Gasteiger partial charge in [0.05, 0.1) is 0 Å². The molecule has 0 saturated heterocycles. The van der Waals surface area contributed by atoms with Crippen LogP contribution in [-0.4, -0.2) is 32.6 Å². The van der Waals surface area contributed by atoms with Crippen molar-refractivity contribution in [3.63, 3.8) is 0 Å². The molecule has 0 atom stereocenters. The van der Waals surface area contributed by atoms with Crippen LogP contribution in [0.15, 0.2) is 16.8 Å². The third-order valence-electron chi connectivity index (χ3n) is 2.43. The van der Waals surface area contributed by atoms with Gasteiger partial charge in [0.2, 0.25) is 0 Å². The van der Waals surface area contributed by atoms with Crippen LogP contribution in [0.25, 0.3) is 0 Å². The van der Waals surface area contributed by atoms with Gasteiger partial charge in [-0.05, 0) is 55.7 Å². The van der Waals surface area contributed by atoms with Crippen molar-refractivity contribution in [3.05, 3.63) is 22.4 Å². The maximum Gasteiger partial charge on any atom is 0.158 e. The molecule has 4 heteroatoms. The SMILES string of the molecule is CCOC(CCNCCc1ccsc1)OCC. The van der Waals surface area contributed by atoms with Crippen LogP contribution in [0.1, 0.15) is 25.8 Å². The van der Waals surface area contributed by atoms with Gasteiger partial charge in [0.1, 0.15) is 0 Å². The van der Waals surface area contributed by atoms with Gasteiger partial charge < -0.3 is 14.8 Å². The zero-order chi connectivity index (χ0) is 12.3. The molecule has 0 amide bonds. The lowest BCUT2D eigenvalue weighted by molar-refractivity contribution is -0.138. The molecule has 1 aromatic rings. The fourth-order valence-corrected chi connectivity index (χ4v) is 2.30. The van der Waals surface area contributed by atoms with E-state index < -0.39 is 0 Å². The molecule has 3 nitrogen and oxygen atoms in total. The average Bonchev–Trinajstić information content (AvgIpc) is 2.82. The number of rotatable bonds is 10. The molecule has 1 N–H and O–H groups in total. The minimum atomic E-state index is -0.0568. The van der Waals surface area contributed by atoms with Gasteiger partial charge >= 0.3 is 0 Å². The molecule has 0 bridgehead atoms. The molecule has 0 radical (unpaired) electrons. The molecule has 17 heavy (non-hydrogen) atoms. The highest BCUT2D eigenvalue weighted by atomic mass is 32.1. The lowest BCUT2D eigenvalue weighted by atomic mass is 10.2. The molecule has 0 spiro atoms. The van der Waals surface area contributed by atoms with Crippen molar-refractivity contribution >= 4 is 11.3 Å². The van der Waals surface area contributed by atoms with E-state index >= 15 is 0 Å². The van der Waals surface area contributed by atoms with E-state index in [4.69, 9.17) is 9.47 Å². The zero-order valence-corrected chi connectivity index (χ0v) is 11.6. The summed E-state index contributed by atoms with van der Waals surface area (Å²) in [5.74, 6) is 0. The van der Waals surface area contributed by atoms with Crippen LogP contribution in [0, 0.1) is 0 Å². The fraction of sp³-hybridized carbons (Fsp3) is 0.692. The lowest BCUT2D eigenvalue weighted by Crippen LogP contribution is -2.26. The monoisotopic (exact) mass is 257 g/mol. The summed E-state index contributed by atoms with van der Waals surface area (Å²) in [4.78, 5) is 0. The number of nitrogens with one attached hydrogen (secondary N) is 1. The largest absolute Gasteiger partial charge is 0.353 e. The smallest absolute Gasteiger partial charge is 0.158 e. The number of hydrogen-bond donors (Lipinski definition) is 1. The Hall–Kier alpha value is -0.420. The summed E-state index contributed by atoms with van der Waals surface area (Å²) >= 11 is 1.75. The van der Waals surface area contributed by atoms with Crippen molar-refractivity contribution in [2.24, 2.45) is 0 Å².